The van der Waals surface area contributed by atoms with E-state index in [1.54, 1.807) is 14.2 Å². The first-order valence-electron chi connectivity index (χ1n) is 6.36. The van der Waals surface area contributed by atoms with E-state index in [9.17, 15) is 0 Å². The predicted molar refractivity (Wildman–Crippen MR) is 72.3 cm³/mol. The number of hydrogen-bond donors (Lipinski definition) is 1. The molecule has 1 saturated heterocycles. The summed E-state index contributed by atoms with van der Waals surface area (Å²) in [7, 11) is 5.51. The van der Waals surface area contributed by atoms with Gasteiger partial charge >= 0.3 is 0 Å². The van der Waals surface area contributed by atoms with Crippen LogP contribution in [0.4, 0.5) is 0 Å². The van der Waals surface area contributed by atoms with E-state index in [-0.39, 0.29) is 0 Å². The highest BCUT2D eigenvalue weighted by atomic mass is 16.5. The number of rotatable bonds is 5. The molecule has 0 bridgehead atoms. The normalized spacial score (nSPS) is 19.2. The molecule has 1 aromatic carbocycles. The van der Waals surface area contributed by atoms with Crippen LogP contribution < -0.4 is 14.8 Å². The Morgan fingerprint density at radius 2 is 2.06 bits per heavy atom. The van der Waals surface area contributed by atoms with Crippen molar-refractivity contribution in [3.63, 3.8) is 0 Å². The SMILES string of the molecule is COc1ccc(CN(C)C2CCNC2)cc1OC. The highest BCUT2D eigenvalue weighted by Crippen LogP contribution is 2.28. The van der Waals surface area contributed by atoms with Gasteiger partial charge in [-0.05, 0) is 37.7 Å². The molecule has 1 fully saturated rings. The van der Waals surface area contributed by atoms with Gasteiger partial charge in [-0.3, -0.25) is 4.90 Å². The third-order valence-corrected chi connectivity index (χ3v) is 3.54. The lowest BCUT2D eigenvalue weighted by Crippen LogP contribution is -2.32. The number of nitrogens with one attached hydrogen (secondary N) is 1. The molecule has 4 nitrogen and oxygen atoms in total. The van der Waals surface area contributed by atoms with Crippen LogP contribution in [0.5, 0.6) is 11.5 Å². The molecule has 1 N–H and O–H groups in total. The lowest BCUT2D eigenvalue weighted by Gasteiger charge is -2.23. The summed E-state index contributed by atoms with van der Waals surface area (Å²) in [5, 5.41) is 3.39. The van der Waals surface area contributed by atoms with Crippen LogP contribution >= 0.6 is 0 Å². The maximum absolute atomic E-state index is 5.33. The third kappa shape index (κ3) is 2.94. The van der Waals surface area contributed by atoms with Crippen LogP contribution in [0.3, 0.4) is 0 Å². The summed E-state index contributed by atoms with van der Waals surface area (Å²) in [5.41, 5.74) is 1.25. The van der Waals surface area contributed by atoms with Crippen LogP contribution in [0.25, 0.3) is 0 Å². The van der Waals surface area contributed by atoms with Gasteiger partial charge in [-0.25, -0.2) is 0 Å². The van der Waals surface area contributed by atoms with Gasteiger partial charge in [0.2, 0.25) is 0 Å². The summed E-state index contributed by atoms with van der Waals surface area (Å²) in [6.45, 7) is 3.15. The maximum atomic E-state index is 5.33. The molecule has 0 aromatic heterocycles. The molecule has 0 spiro atoms. The molecule has 1 aromatic rings. The first kappa shape index (κ1) is 13.2. The minimum atomic E-state index is 0.637. The summed E-state index contributed by atoms with van der Waals surface area (Å²) in [4.78, 5) is 2.39. The lowest BCUT2D eigenvalue weighted by molar-refractivity contribution is 0.248. The van der Waals surface area contributed by atoms with E-state index in [1.807, 2.05) is 6.07 Å². The van der Waals surface area contributed by atoms with Crippen LogP contribution in [-0.2, 0) is 6.54 Å². The van der Waals surface area contributed by atoms with Gasteiger partial charge in [0, 0.05) is 19.1 Å². The zero-order valence-electron chi connectivity index (χ0n) is 11.4. The van der Waals surface area contributed by atoms with Gasteiger partial charge in [0.1, 0.15) is 0 Å². The molecule has 1 aliphatic rings. The molecule has 0 saturated carbocycles. The fraction of sp³-hybridized carbons (Fsp3) is 0.571. The van der Waals surface area contributed by atoms with E-state index < -0.39 is 0 Å². The van der Waals surface area contributed by atoms with Crippen LogP contribution in [0.1, 0.15) is 12.0 Å². The first-order valence-corrected chi connectivity index (χ1v) is 6.36. The highest BCUT2D eigenvalue weighted by molar-refractivity contribution is 5.42. The quantitative estimate of drug-likeness (QED) is 0.858. The van der Waals surface area contributed by atoms with Gasteiger partial charge in [0.25, 0.3) is 0 Å². The standard InChI is InChI=1S/C14H22N2O2/c1-16(12-6-7-15-9-12)10-11-4-5-13(17-2)14(8-11)18-3/h4-5,8,12,15H,6-7,9-10H2,1-3H3. The molecular formula is C14H22N2O2. The second-order valence-electron chi connectivity index (χ2n) is 4.75. The van der Waals surface area contributed by atoms with Crippen LogP contribution in [0.2, 0.25) is 0 Å². The van der Waals surface area contributed by atoms with Crippen molar-refractivity contribution in [2.24, 2.45) is 0 Å². The van der Waals surface area contributed by atoms with E-state index >= 15 is 0 Å². The van der Waals surface area contributed by atoms with E-state index in [0.717, 1.165) is 31.1 Å². The molecular weight excluding hydrogens is 228 g/mol. The number of methoxy groups -OCH3 is 2. The third-order valence-electron chi connectivity index (χ3n) is 3.54. The van der Waals surface area contributed by atoms with Crippen molar-refractivity contribution in [3.05, 3.63) is 23.8 Å². The summed E-state index contributed by atoms with van der Waals surface area (Å²) < 4.78 is 10.6. The van der Waals surface area contributed by atoms with Gasteiger partial charge in [0.15, 0.2) is 11.5 Å². The van der Waals surface area contributed by atoms with Gasteiger partial charge < -0.3 is 14.8 Å². The van der Waals surface area contributed by atoms with Crippen molar-refractivity contribution in [1.82, 2.24) is 10.2 Å². The van der Waals surface area contributed by atoms with Crippen molar-refractivity contribution in [1.29, 1.82) is 0 Å². The molecule has 1 aliphatic heterocycles. The summed E-state index contributed by atoms with van der Waals surface area (Å²) in [5.74, 6) is 1.58. The number of ether oxygens (including phenoxy) is 2. The Hall–Kier alpha value is -1.26. The Morgan fingerprint density at radius 3 is 2.67 bits per heavy atom. The number of benzene rings is 1. The topological polar surface area (TPSA) is 33.7 Å². The molecule has 100 valence electrons. The fourth-order valence-corrected chi connectivity index (χ4v) is 2.41. The first-order chi connectivity index (χ1) is 8.74. The largest absolute Gasteiger partial charge is 0.493 e. The van der Waals surface area contributed by atoms with Crippen molar-refractivity contribution in [3.8, 4) is 11.5 Å². The molecule has 0 aliphatic carbocycles. The van der Waals surface area contributed by atoms with E-state index in [2.05, 4.69) is 29.4 Å². The molecule has 0 amide bonds. The average molecular weight is 250 g/mol. The summed E-state index contributed by atoms with van der Waals surface area (Å²) in [6.07, 6.45) is 1.23. The Balaban J connectivity index is 2.04. The van der Waals surface area contributed by atoms with Crippen LogP contribution in [-0.4, -0.2) is 45.3 Å². The maximum Gasteiger partial charge on any atom is 0.161 e. The monoisotopic (exact) mass is 250 g/mol. The van der Waals surface area contributed by atoms with Crippen LogP contribution in [0, 0.1) is 0 Å². The second-order valence-corrected chi connectivity index (χ2v) is 4.75. The minimum absolute atomic E-state index is 0.637. The lowest BCUT2D eigenvalue weighted by atomic mass is 10.1. The molecule has 18 heavy (non-hydrogen) atoms. The van der Waals surface area contributed by atoms with Crippen molar-refractivity contribution < 1.29 is 9.47 Å². The van der Waals surface area contributed by atoms with Crippen LogP contribution in [0.15, 0.2) is 18.2 Å². The van der Waals surface area contributed by atoms with E-state index in [1.165, 1.54) is 12.0 Å². The molecule has 0 radical (unpaired) electrons. The van der Waals surface area contributed by atoms with Gasteiger partial charge in [-0.2, -0.15) is 0 Å². The van der Waals surface area contributed by atoms with Gasteiger partial charge in [-0.15, -0.1) is 0 Å². The van der Waals surface area contributed by atoms with Crippen molar-refractivity contribution >= 4 is 0 Å². The Labute approximate surface area is 109 Å². The minimum Gasteiger partial charge on any atom is -0.493 e. The molecule has 1 atom stereocenters. The Morgan fingerprint density at radius 1 is 1.28 bits per heavy atom. The predicted octanol–water partition coefficient (Wildman–Crippen LogP) is 1.50. The number of nitrogens with zero attached hydrogens (tertiary/aromatic N) is 1. The summed E-state index contributed by atoms with van der Waals surface area (Å²) in [6, 6.07) is 6.76. The Kier molecular flexibility index (Phi) is 4.44. The van der Waals surface area contributed by atoms with Crippen molar-refractivity contribution in [2.75, 3.05) is 34.4 Å². The molecule has 2 rings (SSSR count). The average Bonchev–Trinajstić information content (AvgIpc) is 2.92. The molecule has 1 heterocycles. The zero-order chi connectivity index (χ0) is 13.0. The van der Waals surface area contributed by atoms with E-state index in [0.29, 0.717) is 6.04 Å². The summed E-state index contributed by atoms with van der Waals surface area (Å²) >= 11 is 0. The molecule has 4 heteroatoms. The van der Waals surface area contributed by atoms with Gasteiger partial charge in [0.05, 0.1) is 14.2 Å². The number of likely N-dealkylation sites (N-methyl/N-ethyl adjacent to an activating group) is 1. The number of hydrogen-bond acceptors (Lipinski definition) is 4. The smallest absolute Gasteiger partial charge is 0.161 e. The molecule has 1 unspecified atom stereocenters. The van der Waals surface area contributed by atoms with Crippen molar-refractivity contribution in [2.45, 2.75) is 19.0 Å². The highest BCUT2D eigenvalue weighted by Gasteiger charge is 2.19. The zero-order valence-corrected chi connectivity index (χ0v) is 11.4. The fourth-order valence-electron chi connectivity index (χ4n) is 2.41. The Bertz CT molecular complexity index is 389. The van der Waals surface area contributed by atoms with E-state index in [4.69, 9.17) is 9.47 Å². The van der Waals surface area contributed by atoms with Gasteiger partial charge in [-0.1, -0.05) is 6.07 Å². The second kappa shape index (κ2) is 6.07.